The minimum atomic E-state index is -0.131. The van der Waals surface area contributed by atoms with E-state index < -0.39 is 0 Å². The van der Waals surface area contributed by atoms with Gasteiger partial charge in [-0.3, -0.25) is 4.79 Å². The van der Waals surface area contributed by atoms with Gasteiger partial charge >= 0.3 is 0 Å². The minimum Gasteiger partial charge on any atom is -0.337 e. The van der Waals surface area contributed by atoms with Gasteiger partial charge in [-0.2, -0.15) is 10.1 Å². The largest absolute Gasteiger partial charge is 0.337 e. The number of fused-ring (bicyclic) bond motifs is 1. The number of nitrogens with zero attached hydrogens (tertiary/aromatic N) is 6. The van der Waals surface area contributed by atoms with E-state index in [0.717, 1.165) is 49.2 Å². The van der Waals surface area contributed by atoms with Crippen molar-refractivity contribution >= 4 is 11.6 Å². The predicted octanol–water partition coefficient (Wildman–Crippen LogP) is 3.11. The van der Waals surface area contributed by atoms with Crippen LogP contribution in [-0.2, 0) is 4.79 Å². The lowest BCUT2D eigenvalue weighted by Gasteiger charge is -2.33. The van der Waals surface area contributed by atoms with Crippen molar-refractivity contribution in [3.63, 3.8) is 0 Å². The summed E-state index contributed by atoms with van der Waals surface area (Å²) >= 11 is 0. The first-order valence-electron chi connectivity index (χ1n) is 9.99. The molecule has 3 aromatic rings. The van der Waals surface area contributed by atoms with Crippen LogP contribution >= 0.6 is 0 Å². The Hall–Kier alpha value is -2.77. The molecule has 3 aromatic heterocycles. The predicted molar refractivity (Wildman–Crippen MR) is 101 cm³/mol. The highest BCUT2D eigenvalue weighted by Crippen LogP contribution is 2.42. The number of piperidine rings is 1. The van der Waals surface area contributed by atoms with Gasteiger partial charge in [-0.25, -0.2) is 9.50 Å². The van der Waals surface area contributed by atoms with Crippen molar-refractivity contribution in [3.8, 4) is 11.4 Å². The van der Waals surface area contributed by atoms with Crippen LogP contribution in [0.3, 0.4) is 0 Å². The maximum absolute atomic E-state index is 12.9. The molecule has 2 aliphatic rings. The summed E-state index contributed by atoms with van der Waals surface area (Å²) in [6.45, 7) is 6.84. The van der Waals surface area contributed by atoms with Crippen molar-refractivity contribution in [2.75, 3.05) is 6.54 Å². The lowest BCUT2D eigenvalue weighted by atomic mass is 10.0. The number of hydrogen-bond donors (Lipinski definition) is 0. The molecular weight excluding hydrogens is 356 g/mol. The summed E-state index contributed by atoms with van der Waals surface area (Å²) < 4.78 is 7.41. The molecule has 3 atom stereocenters. The Morgan fingerprint density at radius 2 is 2.07 bits per heavy atom. The van der Waals surface area contributed by atoms with Crippen molar-refractivity contribution < 1.29 is 9.32 Å². The molecule has 0 N–H and O–H groups in total. The number of likely N-dealkylation sites (tertiary alicyclic amines) is 1. The van der Waals surface area contributed by atoms with E-state index in [-0.39, 0.29) is 17.9 Å². The van der Waals surface area contributed by atoms with Gasteiger partial charge < -0.3 is 9.42 Å². The fourth-order valence-electron chi connectivity index (χ4n) is 4.24. The van der Waals surface area contributed by atoms with Gasteiger partial charge in [0.05, 0.1) is 11.8 Å². The summed E-state index contributed by atoms with van der Waals surface area (Å²) in [6.07, 6.45) is 5.66. The number of aromatic nitrogens is 5. The van der Waals surface area contributed by atoms with Gasteiger partial charge in [-0.05, 0) is 51.5 Å². The molecule has 1 amide bonds. The smallest absolute Gasteiger partial charge is 0.249 e. The Morgan fingerprint density at radius 3 is 2.86 bits per heavy atom. The quantitative estimate of drug-likeness (QED) is 0.694. The average molecular weight is 380 g/mol. The number of amides is 1. The van der Waals surface area contributed by atoms with Gasteiger partial charge in [0.1, 0.15) is 6.04 Å². The van der Waals surface area contributed by atoms with Gasteiger partial charge in [0.15, 0.2) is 5.65 Å². The standard InChI is InChI=1S/C20H24N6O2/c1-11-8-14(11)20(27)25-7-5-4-6-16(25)19-23-17(24-28-19)15-10-21-26-13(3)9-12(2)22-18(15)26/h9-11,14,16H,4-8H2,1-3H3/t11-,14-,16+/m1/s1. The van der Waals surface area contributed by atoms with Gasteiger partial charge in [0.25, 0.3) is 0 Å². The molecule has 0 spiro atoms. The Bertz CT molecular complexity index is 1050. The Balaban J connectivity index is 1.48. The second kappa shape index (κ2) is 6.39. The van der Waals surface area contributed by atoms with E-state index in [1.807, 2.05) is 24.8 Å². The van der Waals surface area contributed by atoms with Crippen LogP contribution in [0.5, 0.6) is 0 Å². The van der Waals surface area contributed by atoms with E-state index in [2.05, 4.69) is 27.1 Å². The molecule has 0 unspecified atom stereocenters. The first kappa shape index (κ1) is 17.3. The Kier molecular flexibility index (Phi) is 3.96. The van der Waals surface area contributed by atoms with E-state index in [9.17, 15) is 4.79 Å². The van der Waals surface area contributed by atoms with E-state index in [1.54, 1.807) is 10.7 Å². The molecule has 0 radical (unpaired) electrons. The molecular formula is C20H24N6O2. The monoisotopic (exact) mass is 380 g/mol. The third-order valence-corrected chi connectivity index (χ3v) is 5.96. The summed E-state index contributed by atoms with van der Waals surface area (Å²) in [5.74, 6) is 1.88. The molecule has 1 aliphatic heterocycles. The number of aryl methyl sites for hydroxylation is 2. The first-order valence-corrected chi connectivity index (χ1v) is 9.99. The third-order valence-electron chi connectivity index (χ3n) is 5.96. The summed E-state index contributed by atoms with van der Waals surface area (Å²) in [6, 6.07) is 1.85. The molecule has 2 fully saturated rings. The molecule has 1 aliphatic carbocycles. The molecule has 146 valence electrons. The van der Waals surface area contributed by atoms with Crippen LogP contribution in [-0.4, -0.2) is 42.1 Å². The topological polar surface area (TPSA) is 89.4 Å². The molecule has 1 saturated heterocycles. The molecule has 5 rings (SSSR count). The van der Waals surface area contributed by atoms with Crippen molar-refractivity contribution in [2.45, 2.75) is 52.5 Å². The zero-order valence-electron chi connectivity index (χ0n) is 16.4. The second-order valence-electron chi connectivity index (χ2n) is 8.15. The maximum Gasteiger partial charge on any atom is 0.249 e. The van der Waals surface area contributed by atoms with E-state index in [0.29, 0.717) is 23.3 Å². The van der Waals surface area contributed by atoms with Crippen molar-refractivity contribution in [2.24, 2.45) is 11.8 Å². The zero-order valence-corrected chi connectivity index (χ0v) is 16.4. The van der Waals surface area contributed by atoms with Crippen molar-refractivity contribution in [1.29, 1.82) is 0 Å². The van der Waals surface area contributed by atoms with E-state index in [4.69, 9.17) is 4.52 Å². The highest BCUT2D eigenvalue weighted by molar-refractivity contribution is 5.82. The van der Waals surface area contributed by atoms with Gasteiger partial charge in [-0.15, -0.1) is 0 Å². The van der Waals surface area contributed by atoms with Crippen LogP contribution in [0.25, 0.3) is 17.0 Å². The summed E-state index contributed by atoms with van der Waals surface area (Å²) in [5.41, 5.74) is 3.37. The second-order valence-corrected chi connectivity index (χ2v) is 8.15. The fourth-order valence-corrected chi connectivity index (χ4v) is 4.24. The van der Waals surface area contributed by atoms with Gasteiger partial charge in [0.2, 0.25) is 17.6 Å². The third kappa shape index (κ3) is 2.78. The number of rotatable bonds is 3. The molecule has 28 heavy (non-hydrogen) atoms. The molecule has 8 heteroatoms. The van der Waals surface area contributed by atoms with E-state index >= 15 is 0 Å². The summed E-state index contributed by atoms with van der Waals surface area (Å²) in [4.78, 5) is 24.1. The molecule has 0 bridgehead atoms. The Labute approximate surface area is 162 Å². The zero-order chi connectivity index (χ0) is 19.4. The molecule has 8 nitrogen and oxygen atoms in total. The Morgan fingerprint density at radius 1 is 1.25 bits per heavy atom. The van der Waals surface area contributed by atoms with Crippen LogP contribution in [0.2, 0.25) is 0 Å². The maximum atomic E-state index is 12.9. The van der Waals surface area contributed by atoms with E-state index in [1.165, 1.54) is 0 Å². The lowest BCUT2D eigenvalue weighted by molar-refractivity contribution is -0.137. The number of carbonyl (C=O) groups is 1. The highest BCUT2D eigenvalue weighted by atomic mass is 16.5. The number of carbonyl (C=O) groups excluding carboxylic acids is 1. The first-order chi connectivity index (χ1) is 13.5. The van der Waals surface area contributed by atoms with Crippen LogP contribution in [0.4, 0.5) is 0 Å². The van der Waals surface area contributed by atoms with Crippen LogP contribution in [0.15, 0.2) is 16.8 Å². The SMILES string of the molecule is Cc1cc(C)n2ncc(-c3noc([C@@H]4CCCCN4C(=O)[C@@H]4C[C@H]4C)n3)c2n1. The lowest BCUT2D eigenvalue weighted by Crippen LogP contribution is -2.39. The van der Waals surface area contributed by atoms with Crippen LogP contribution < -0.4 is 0 Å². The number of hydrogen-bond acceptors (Lipinski definition) is 6. The summed E-state index contributed by atoms with van der Waals surface area (Å²) in [5, 5.41) is 8.60. The van der Waals surface area contributed by atoms with Crippen LogP contribution in [0.1, 0.15) is 55.9 Å². The van der Waals surface area contributed by atoms with Crippen LogP contribution in [0, 0.1) is 25.7 Å². The highest BCUT2D eigenvalue weighted by Gasteiger charge is 2.44. The normalized spacial score (nSPS) is 24.7. The van der Waals surface area contributed by atoms with Gasteiger partial charge in [-0.1, -0.05) is 12.1 Å². The van der Waals surface area contributed by atoms with Crippen molar-refractivity contribution in [1.82, 2.24) is 29.6 Å². The molecule has 1 saturated carbocycles. The molecule has 0 aromatic carbocycles. The molecule has 4 heterocycles. The van der Waals surface area contributed by atoms with Crippen molar-refractivity contribution in [3.05, 3.63) is 29.5 Å². The van der Waals surface area contributed by atoms with Gasteiger partial charge in [0, 0.05) is 23.9 Å². The fraction of sp³-hybridized carbons (Fsp3) is 0.550. The average Bonchev–Trinajstić information content (AvgIpc) is 3.08. The summed E-state index contributed by atoms with van der Waals surface area (Å²) in [7, 11) is 0. The minimum absolute atomic E-state index is 0.131.